The molecule has 43 heavy (non-hydrogen) atoms. The van der Waals surface area contributed by atoms with Gasteiger partial charge in [0, 0.05) is 28.2 Å². The summed E-state index contributed by atoms with van der Waals surface area (Å²) in [6, 6.07) is 0. The van der Waals surface area contributed by atoms with E-state index in [4.69, 9.17) is 39.4 Å². The average molecular weight is 1310 g/mol. The first-order valence-corrected chi connectivity index (χ1v) is 18.1. The van der Waals surface area contributed by atoms with Gasteiger partial charge in [-0.1, -0.05) is 0 Å². The van der Waals surface area contributed by atoms with Gasteiger partial charge in [-0.3, -0.25) is 33.6 Å². The highest BCUT2D eigenvalue weighted by Gasteiger charge is 2.40. The van der Waals surface area contributed by atoms with Crippen LogP contribution in [0, 0.1) is 21.4 Å². The van der Waals surface area contributed by atoms with Crippen molar-refractivity contribution in [3.05, 3.63) is 43.7 Å². The Morgan fingerprint density at radius 2 is 0.884 bits per heavy atom. The zero-order valence-corrected chi connectivity index (χ0v) is 35.9. The summed E-state index contributed by atoms with van der Waals surface area (Å²) in [4.78, 5) is 90.9. The molecule has 20 heteroatoms. The van der Waals surface area contributed by atoms with Crippen LogP contribution in [0.4, 0.5) is 11.4 Å². The molecule has 0 aliphatic rings. The first-order chi connectivity index (χ1) is 19.7. The summed E-state index contributed by atoms with van der Waals surface area (Å²) in [7, 11) is 2.47. The van der Waals surface area contributed by atoms with Crippen molar-refractivity contribution in [2.75, 3.05) is 23.9 Å². The molecule has 2 aromatic carbocycles. The first kappa shape index (κ1) is 39.3. The standard InChI is InChI=1S/C23H14Cl2I6N4O8/c1-4(36)43-17(22(41)34(2)15-11(28)5(18(24)37)9(26)7(13(15)30)20(32)39)23(42)35(3)16-12(29)6(19(25)38)10(27)8(14(16)31)21(33)40/h17H,1-3H3,(H2,32,39)(H2,33,40). The number of rotatable bonds is 9. The maximum absolute atomic E-state index is 13.9. The molecule has 0 atom stereocenters. The second kappa shape index (κ2) is 15.8. The minimum absolute atomic E-state index is 0.00137. The molecule has 0 bridgehead atoms. The number of nitrogens with two attached hydrogens (primary N) is 2. The van der Waals surface area contributed by atoms with Crippen molar-refractivity contribution < 1.29 is 38.3 Å². The second-order valence-corrected chi connectivity index (χ2v) is 15.3. The monoisotopic (exact) mass is 1310 g/mol. The predicted octanol–water partition coefficient (Wildman–Crippen LogP) is 4.83. The number of likely N-dealkylation sites (N-methyl/N-ethyl adjacent to an activating group) is 2. The highest BCUT2D eigenvalue weighted by Crippen LogP contribution is 2.40. The van der Waals surface area contributed by atoms with E-state index in [0.717, 1.165) is 16.7 Å². The van der Waals surface area contributed by atoms with Gasteiger partial charge in [-0.25, -0.2) is 0 Å². The third-order valence-corrected chi connectivity index (χ3v) is 12.3. The van der Waals surface area contributed by atoms with Crippen LogP contribution in [-0.4, -0.2) is 60.3 Å². The predicted molar refractivity (Wildman–Crippen MR) is 209 cm³/mol. The van der Waals surface area contributed by atoms with Crippen molar-refractivity contribution in [2.24, 2.45) is 11.5 Å². The second-order valence-electron chi connectivity index (χ2n) is 8.14. The van der Waals surface area contributed by atoms with Crippen LogP contribution in [0.15, 0.2) is 0 Å². The lowest BCUT2D eigenvalue weighted by atomic mass is 10.1. The Hall–Kier alpha value is 0.0900. The van der Waals surface area contributed by atoms with E-state index >= 15 is 0 Å². The third-order valence-electron chi connectivity index (χ3n) is 5.54. The Morgan fingerprint density at radius 3 is 1.12 bits per heavy atom. The zero-order valence-electron chi connectivity index (χ0n) is 21.4. The molecular weight excluding hydrogens is 1290 g/mol. The Morgan fingerprint density at radius 1 is 0.605 bits per heavy atom. The van der Waals surface area contributed by atoms with Crippen LogP contribution in [-0.2, 0) is 19.1 Å². The number of amides is 4. The number of carbonyl (C=O) groups is 7. The molecule has 0 spiro atoms. The van der Waals surface area contributed by atoms with E-state index in [1.807, 2.05) is 0 Å². The van der Waals surface area contributed by atoms with Gasteiger partial charge in [-0.15, -0.1) is 0 Å². The molecule has 0 saturated carbocycles. The van der Waals surface area contributed by atoms with Crippen molar-refractivity contribution in [1.82, 2.24) is 0 Å². The van der Waals surface area contributed by atoms with Crippen LogP contribution >= 0.6 is 159 Å². The van der Waals surface area contributed by atoms with Gasteiger partial charge in [0.1, 0.15) is 0 Å². The maximum atomic E-state index is 13.9. The Labute approximate surface area is 335 Å². The van der Waals surface area contributed by atoms with E-state index < -0.39 is 46.2 Å². The van der Waals surface area contributed by atoms with Crippen LogP contribution in [0.3, 0.4) is 0 Å². The summed E-state index contributed by atoms with van der Waals surface area (Å²) in [5.74, 6) is -4.96. The molecule has 0 saturated heterocycles. The van der Waals surface area contributed by atoms with E-state index in [-0.39, 0.29) is 55.0 Å². The van der Waals surface area contributed by atoms with Crippen LogP contribution in [0.1, 0.15) is 48.4 Å². The quantitative estimate of drug-likeness (QED) is 0.155. The number of benzene rings is 2. The van der Waals surface area contributed by atoms with Crippen LogP contribution in [0.5, 0.6) is 0 Å². The van der Waals surface area contributed by atoms with E-state index in [1.165, 1.54) is 14.1 Å². The van der Waals surface area contributed by atoms with Gasteiger partial charge in [-0.2, -0.15) is 0 Å². The Balaban J connectivity index is 2.83. The molecular formula is C23H14Cl2I6N4O8. The number of halogens is 8. The largest absolute Gasteiger partial charge is 0.442 e. The minimum atomic E-state index is -2.11. The lowest BCUT2D eigenvalue weighted by Gasteiger charge is -2.30. The van der Waals surface area contributed by atoms with Crippen molar-refractivity contribution in [1.29, 1.82) is 0 Å². The lowest BCUT2D eigenvalue weighted by molar-refractivity contribution is -0.158. The maximum Gasteiger partial charge on any atom is 0.303 e. The van der Waals surface area contributed by atoms with Crippen molar-refractivity contribution in [2.45, 2.75) is 13.0 Å². The van der Waals surface area contributed by atoms with Crippen LogP contribution in [0.2, 0.25) is 0 Å². The number of primary amides is 2. The fourth-order valence-corrected chi connectivity index (χ4v) is 14.5. The molecule has 0 aromatic heterocycles. The Bertz CT molecular complexity index is 1460. The van der Waals surface area contributed by atoms with Gasteiger partial charge in [-0.05, 0) is 159 Å². The molecule has 4 N–H and O–H groups in total. The van der Waals surface area contributed by atoms with Crippen molar-refractivity contribution >= 4 is 210 Å². The molecule has 0 aliphatic heterocycles. The van der Waals surface area contributed by atoms with E-state index in [9.17, 15) is 33.6 Å². The number of carbonyl (C=O) groups excluding carboxylic acids is 7. The minimum Gasteiger partial charge on any atom is -0.442 e. The number of ether oxygens (including phenoxy) is 1. The summed E-state index contributed by atoms with van der Waals surface area (Å²) >= 11 is 22.1. The van der Waals surface area contributed by atoms with Crippen LogP contribution in [0.25, 0.3) is 0 Å². The van der Waals surface area contributed by atoms with Gasteiger partial charge < -0.3 is 26.0 Å². The summed E-state index contributed by atoms with van der Waals surface area (Å²) < 4.78 is 6.14. The highest BCUT2D eigenvalue weighted by molar-refractivity contribution is 14.1. The number of esters is 1. The fourth-order valence-electron chi connectivity index (χ4n) is 3.61. The molecule has 0 unspecified atom stereocenters. The van der Waals surface area contributed by atoms with Gasteiger partial charge in [0.25, 0.3) is 40.2 Å². The topological polar surface area (TPSA) is 187 Å². The van der Waals surface area contributed by atoms with Crippen LogP contribution < -0.4 is 21.3 Å². The number of nitrogens with zero attached hydrogens (tertiary/aromatic N) is 2. The summed E-state index contributed by atoms with van der Waals surface area (Å²) in [5, 5.41) is -1.86. The normalized spacial score (nSPS) is 10.8. The SMILES string of the molecule is CC(=O)OC(C(=O)N(C)c1c(I)c(C(N)=O)c(I)c(C(=O)Cl)c1I)C(=O)N(C)c1c(I)c(C(N)=O)c(I)c(C(=O)Cl)c1I. The molecule has 0 radical (unpaired) electrons. The molecule has 2 aromatic rings. The smallest absolute Gasteiger partial charge is 0.303 e. The van der Waals surface area contributed by atoms with Gasteiger partial charge in [0.15, 0.2) is 0 Å². The molecule has 0 fully saturated rings. The van der Waals surface area contributed by atoms with E-state index in [1.54, 1.807) is 136 Å². The molecule has 0 heterocycles. The van der Waals surface area contributed by atoms with Gasteiger partial charge in [0.2, 0.25) is 0 Å². The first-order valence-electron chi connectivity index (χ1n) is 10.8. The summed E-state index contributed by atoms with van der Waals surface area (Å²) in [5.41, 5.74) is 10.7. The molecule has 230 valence electrons. The van der Waals surface area contributed by atoms with E-state index in [0.29, 0.717) is 0 Å². The number of anilines is 2. The lowest BCUT2D eigenvalue weighted by Crippen LogP contribution is -2.50. The number of hydrogen-bond acceptors (Lipinski definition) is 8. The zero-order chi connectivity index (χ0) is 33.4. The van der Waals surface area contributed by atoms with Crippen molar-refractivity contribution in [3.8, 4) is 0 Å². The Kier molecular flexibility index (Phi) is 14.4. The van der Waals surface area contributed by atoms with Gasteiger partial charge >= 0.3 is 5.97 Å². The summed E-state index contributed by atoms with van der Waals surface area (Å²) in [6.45, 7) is 0.981. The summed E-state index contributed by atoms with van der Waals surface area (Å²) in [6.07, 6.45) is -2.11. The highest BCUT2D eigenvalue weighted by atomic mass is 127. The number of hydrogen-bond donors (Lipinski definition) is 2. The molecule has 12 nitrogen and oxygen atoms in total. The third kappa shape index (κ3) is 7.98. The fraction of sp³-hybridized carbons (Fsp3) is 0.174. The molecule has 4 amide bonds. The van der Waals surface area contributed by atoms with Gasteiger partial charge in [0.05, 0.1) is 47.9 Å². The van der Waals surface area contributed by atoms with E-state index in [2.05, 4.69) is 0 Å². The molecule has 0 aliphatic carbocycles. The average Bonchev–Trinajstić information content (AvgIpc) is 2.84. The molecule has 2 rings (SSSR count). The van der Waals surface area contributed by atoms with Crippen molar-refractivity contribution in [3.63, 3.8) is 0 Å².